The lowest BCUT2D eigenvalue weighted by Crippen LogP contribution is -2.35. The highest BCUT2D eigenvalue weighted by Gasteiger charge is 2.15. The van der Waals surface area contributed by atoms with Crippen LogP contribution in [0.4, 0.5) is 0 Å². The van der Waals surface area contributed by atoms with Gasteiger partial charge in [-0.2, -0.15) is 0 Å². The molecule has 0 spiro atoms. The molecule has 0 aliphatic carbocycles. The molecule has 0 N–H and O–H groups in total. The van der Waals surface area contributed by atoms with Crippen molar-refractivity contribution in [2.24, 2.45) is 0 Å². The van der Waals surface area contributed by atoms with Crippen molar-refractivity contribution >= 4 is 0 Å². The third kappa shape index (κ3) is 4.63. The van der Waals surface area contributed by atoms with E-state index in [0.717, 1.165) is 26.2 Å². The van der Waals surface area contributed by atoms with Gasteiger partial charge in [-0.05, 0) is 32.4 Å². The molecule has 0 amide bonds. The summed E-state index contributed by atoms with van der Waals surface area (Å²) in [5, 5.41) is 0. The predicted octanol–water partition coefficient (Wildman–Crippen LogP) is 2.53. The fourth-order valence-corrected chi connectivity index (χ4v) is 1.72. The minimum Gasteiger partial charge on any atom is -0.377 e. The largest absolute Gasteiger partial charge is 0.377 e. The van der Waals surface area contributed by atoms with Crippen molar-refractivity contribution in [1.82, 2.24) is 4.90 Å². The molecular formula is C11H25NO. The van der Waals surface area contributed by atoms with E-state index >= 15 is 0 Å². The van der Waals surface area contributed by atoms with Crippen LogP contribution in [-0.2, 0) is 4.74 Å². The minimum absolute atomic E-state index is 0. The number of rotatable bonds is 4. The average Bonchev–Trinajstić information content (AvgIpc) is 2.16. The molecule has 0 aromatic carbocycles. The Morgan fingerprint density at radius 1 is 1.23 bits per heavy atom. The van der Waals surface area contributed by atoms with Gasteiger partial charge < -0.3 is 9.64 Å². The molecule has 1 rings (SSSR count). The van der Waals surface area contributed by atoms with Crippen molar-refractivity contribution < 1.29 is 4.74 Å². The zero-order valence-electron chi connectivity index (χ0n) is 8.38. The molecule has 2 heteroatoms. The van der Waals surface area contributed by atoms with E-state index in [1.807, 2.05) is 0 Å². The number of hydrogen-bond donors (Lipinski definition) is 0. The lowest BCUT2D eigenvalue weighted by atomic mass is 10.1. The molecule has 1 fully saturated rings. The molecule has 0 bridgehead atoms. The zero-order valence-corrected chi connectivity index (χ0v) is 8.38. The van der Waals surface area contributed by atoms with Crippen LogP contribution >= 0.6 is 0 Å². The third-order valence-electron chi connectivity index (χ3n) is 2.63. The number of nitrogens with zero attached hydrogens (tertiary/aromatic N) is 1. The van der Waals surface area contributed by atoms with Crippen LogP contribution in [0.25, 0.3) is 0 Å². The van der Waals surface area contributed by atoms with Crippen LogP contribution in [0.2, 0.25) is 0 Å². The summed E-state index contributed by atoms with van der Waals surface area (Å²) in [6.07, 6.45) is 4.38. The quantitative estimate of drug-likeness (QED) is 0.670. The summed E-state index contributed by atoms with van der Waals surface area (Å²) < 4.78 is 5.67. The SMILES string of the molecule is C.CCN(CC)CC1CCCCO1. The second kappa shape index (κ2) is 7.34. The summed E-state index contributed by atoms with van der Waals surface area (Å²) in [4.78, 5) is 2.44. The van der Waals surface area contributed by atoms with Gasteiger partial charge in [0.05, 0.1) is 6.10 Å². The van der Waals surface area contributed by atoms with Gasteiger partial charge in [0.1, 0.15) is 0 Å². The van der Waals surface area contributed by atoms with Gasteiger partial charge in [-0.1, -0.05) is 21.3 Å². The maximum atomic E-state index is 5.67. The normalized spacial score (nSPS) is 22.8. The van der Waals surface area contributed by atoms with Crippen LogP contribution in [0.3, 0.4) is 0 Å². The molecule has 0 aromatic heterocycles. The second-order valence-corrected chi connectivity index (χ2v) is 3.47. The van der Waals surface area contributed by atoms with Crippen LogP contribution in [0.1, 0.15) is 40.5 Å². The molecule has 0 radical (unpaired) electrons. The van der Waals surface area contributed by atoms with Gasteiger partial charge in [-0.3, -0.25) is 0 Å². The lowest BCUT2D eigenvalue weighted by molar-refractivity contribution is -0.00398. The van der Waals surface area contributed by atoms with Gasteiger partial charge in [-0.25, -0.2) is 0 Å². The van der Waals surface area contributed by atoms with Gasteiger partial charge >= 0.3 is 0 Å². The zero-order chi connectivity index (χ0) is 8.81. The number of likely N-dealkylation sites (N-methyl/N-ethyl adjacent to an activating group) is 1. The molecule has 0 saturated carbocycles. The first-order chi connectivity index (χ1) is 5.86. The van der Waals surface area contributed by atoms with E-state index in [9.17, 15) is 0 Å². The number of ether oxygens (including phenoxy) is 1. The summed E-state index contributed by atoms with van der Waals surface area (Å²) in [7, 11) is 0. The number of hydrogen-bond acceptors (Lipinski definition) is 2. The Hall–Kier alpha value is -0.0800. The summed E-state index contributed by atoms with van der Waals surface area (Å²) in [5.74, 6) is 0. The van der Waals surface area contributed by atoms with E-state index in [-0.39, 0.29) is 7.43 Å². The van der Waals surface area contributed by atoms with Crippen molar-refractivity contribution in [1.29, 1.82) is 0 Å². The Labute approximate surface area is 83.3 Å². The Balaban J connectivity index is 0.00000144. The smallest absolute Gasteiger partial charge is 0.0702 e. The summed E-state index contributed by atoms with van der Waals surface area (Å²) >= 11 is 0. The van der Waals surface area contributed by atoms with Gasteiger partial charge in [0.15, 0.2) is 0 Å². The van der Waals surface area contributed by atoms with Crippen LogP contribution in [0.15, 0.2) is 0 Å². The van der Waals surface area contributed by atoms with E-state index in [2.05, 4.69) is 18.7 Å². The average molecular weight is 187 g/mol. The molecule has 0 aromatic rings. The van der Waals surface area contributed by atoms with Crippen LogP contribution in [-0.4, -0.2) is 37.2 Å². The van der Waals surface area contributed by atoms with Crippen molar-refractivity contribution in [3.8, 4) is 0 Å². The first-order valence-corrected chi connectivity index (χ1v) is 5.20. The van der Waals surface area contributed by atoms with E-state index in [1.54, 1.807) is 0 Å². The van der Waals surface area contributed by atoms with Crippen LogP contribution in [0.5, 0.6) is 0 Å². The molecule has 1 unspecified atom stereocenters. The van der Waals surface area contributed by atoms with Gasteiger partial charge in [0.25, 0.3) is 0 Å². The fraction of sp³-hybridized carbons (Fsp3) is 1.00. The molecule has 1 aliphatic rings. The molecule has 2 nitrogen and oxygen atoms in total. The topological polar surface area (TPSA) is 12.5 Å². The van der Waals surface area contributed by atoms with E-state index in [0.29, 0.717) is 6.10 Å². The van der Waals surface area contributed by atoms with Gasteiger partial charge in [-0.15, -0.1) is 0 Å². The Morgan fingerprint density at radius 3 is 2.38 bits per heavy atom. The predicted molar refractivity (Wildman–Crippen MR) is 58.1 cm³/mol. The summed E-state index contributed by atoms with van der Waals surface area (Å²) in [6.45, 7) is 8.84. The Bertz CT molecular complexity index is 107. The second-order valence-electron chi connectivity index (χ2n) is 3.47. The molecule has 1 saturated heterocycles. The lowest BCUT2D eigenvalue weighted by Gasteiger charge is -2.28. The van der Waals surface area contributed by atoms with E-state index < -0.39 is 0 Å². The van der Waals surface area contributed by atoms with Crippen molar-refractivity contribution in [3.05, 3.63) is 0 Å². The molecule has 80 valence electrons. The molecular weight excluding hydrogens is 162 g/mol. The highest BCUT2D eigenvalue weighted by atomic mass is 16.5. The first-order valence-electron chi connectivity index (χ1n) is 5.20. The Morgan fingerprint density at radius 2 is 1.92 bits per heavy atom. The maximum Gasteiger partial charge on any atom is 0.0702 e. The van der Waals surface area contributed by atoms with E-state index in [1.165, 1.54) is 19.3 Å². The van der Waals surface area contributed by atoms with Crippen LogP contribution in [0, 0.1) is 0 Å². The molecule has 1 aliphatic heterocycles. The summed E-state index contributed by atoms with van der Waals surface area (Å²) in [6, 6.07) is 0. The highest BCUT2D eigenvalue weighted by molar-refractivity contribution is 4.67. The van der Waals surface area contributed by atoms with Crippen molar-refractivity contribution in [3.63, 3.8) is 0 Å². The highest BCUT2D eigenvalue weighted by Crippen LogP contribution is 2.13. The standard InChI is InChI=1S/C10H21NO.CH4/c1-3-11(4-2)9-10-7-5-6-8-12-10;/h10H,3-9H2,1-2H3;1H4. The maximum absolute atomic E-state index is 5.67. The van der Waals surface area contributed by atoms with Crippen LogP contribution < -0.4 is 0 Å². The molecule has 1 heterocycles. The monoisotopic (exact) mass is 187 g/mol. The molecule has 1 atom stereocenters. The van der Waals surface area contributed by atoms with E-state index in [4.69, 9.17) is 4.74 Å². The Kier molecular flexibility index (Phi) is 7.29. The minimum atomic E-state index is 0. The molecule has 13 heavy (non-hydrogen) atoms. The van der Waals surface area contributed by atoms with Crippen molar-refractivity contribution in [2.45, 2.75) is 46.6 Å². The summed E-state index contributed by atoms with van der Waals surface area (Å²) in [5.41, 5.74) is 0. The van der Waals surface area contributed by atoms with Crippen molar-refractivity contribution in [2.75, 3.05) is 26.2 Å². The van der Waals surface area contributed by atoms with Gasteiger partial charge in [0.2, 0.25) is 0 Å². The fourth-order valence-electron chi connectivity index (χ4n) is 1.72. The first kappa shape index (κ1) is 12.9. The third-order valence-corrected chi connectivity index (χ3v) is 2.63. The van der Waals surface area contributed by atoms with Gasteiger partial charge in [0, 0.05) is 13.2 Å².